The lowest BCUT2D eigenvalue weighted by Gasteiger charge is -2.16. The summed E-state index contributed by atoms with van der Waals surface area (Å²) < 4.78 is 36.9. The molecule has 0 radical (unpaired) electrons. The number of rotatable bonds is 6. The van der Waals surface area contributed by atoms with Gasteiger partial charge in [0.15, 0.2) is 15.1 Å². The number of aliphatic carboxylic acids is 1. The van der Waals surface area contributed by atoms with Crippen LogP contribution in [0.15, 0.2) is 24.3 Å². The Bertz CT molecular complexity index is 642. The molecule has 8 heteroatoms. The van der Waals surface area contributed by atoms with Crippen molar-refractivity contribution in [3.05, 3.63) is 30.1 Å². The first-order valence-electron chi connectivity index (χ1n) is 6.13. The van der Waals surface area contributed by atoms with Gasteiger partial charge in [0.05, 0.1) is 0 Å². The molecule has 1 aromatic rings. The molecule has 0 saturated carbocycles. The third-order valence-electron chi connectivity index (χ3n) is 2.68. The fourth-order valence-corrected chi connectivity index (χ4v) is 3.64. The minimum atomic E-state index is -4.16. The lowest BCUT2D eigenvalue weighted by molar-refractivity contribution is -0.137. The van der Waals surface area contributed by atoms with E-state index >= 15 is 0 Å². The number of carbonyl (C=O) groups excluding carboxylic acids is 1. The molecule has 1 atom stereocenters. The molecule has 21 heavy (non-hydrogen) atoms. The lowest BCUT2D eigenvalue weighted by Crippen LogP contribution is -2.39. The zero-order valence-corrected chi connectivity index (χ0v) is 12.4. The lowest BCUT2D eigenvalue weighted by atomic mass is 10.1. The van der Waals surface area contributed by atoms with Gasteiger partial charge < -0.3 is 10.4 Å². The number of benzene rings is 1. The molecule has 1 unspecified atom stereocenters. The highest BCUT2D eigenvalue weighted by Gasteiger charge is 2.36. The summed E-state index contributed by atoms with van der Waals surface area (Å²) in [4.78, 5) is 22.7. The molecule has 0 spiro atoms. The number of anilines is 1. The third kappa shape index (κ3) is 4.82. The topological polar surface area (TPSA) is 101 Å². The molecular weight excluding hydrogens is 301 g/mol. The first-order chi connectivity index (χ1) is 9.63. The average Bonchev–Trinajstić information content (AvgIpc) is 2.25. The van der Waals surface area contributed by atoms with Crippen molar-refractivity contribution in [3.63, 3.8) is 0 Å². The number of carboxylic acids is 1. The minimum absolute atomic E-state index is 0.103. The van der Waals surface area contributed by atoms with Gasteiger partial charge in [0, 0.05) is 5.69 Å². The zero-order valence-electron chi connectivity index (χ0n) is 11.5. The van der Waals surface area contributed by atoms with Crippen molar-refractivity contribution >= 4 is 27.4 Å². The zero-order chi connectivity index (χ0) is 16.2. The Kier molecular flexibility index (Phi) is 5.42. The standard InChI is InChI=1S/C13H16FNO5S/c1-8(2)12(13(17)18)21(19,20)7-11(16)15-10-5-3-4-9(14)6-10/h3-6,8,12H,7H2,1-2H3,(H,15,16)(H,17,18). The number of carboxylic acid groups (broad SMARTS) is 1. The van der Waals surface area contributed by atoms with E-state index in [4.69, 9.17) is 5.11 Å². The Balaban J connectivity index is 2.84. The third-order valence-corrected chi connectivity index (χ3v) is 4.86. The van der Waals surface area contributed by atoms with E-state index < -0.39 is 44.5 Å². The van der Waals surface area contributed by atoms with Gasteiger partial charge in [-0.3, -0.25) is 9.59 Å². The van der Waals surface area contributed by atoms with Crippen molar-refractivity contribution in [2.45, 2.75) is 19.1 Å². The van der Waals surface area contributed by atoms with Crippen molar-refractivity contribution in [2.75, 3.05) is 11.1 Å². The molecule has 0 heterocycles. The fraction of sp³-hybridized carbons (Fsp3) is 0.385. The van der Waals surface area contributed by atoms with Crippen LogP contribution < -0.4 is 5.32 Å². The van der Waals surface area contributed by atoms with Gasteiger partial charge in [-0.2, -0.15) is 0 Å². The predicted octanol–water partition coefficient (Wildman–Crippen LogP) is 1.29. The molecule has 0 fully saturated rings. The largest absolute Gasteiger partial charge is 0.480 e. The number of carbonyl (C=O) groups is 2. The van der Waals surface area contributed by atoms with Crippen molar-refractivity contribution in [3.8, 4) is 0 Å². The summed E-state index contributed by atoms with van der Waals surface area (Å²) in [7, 11) is -4.16. The highest BCUT2D eigenvalue weighted by atomic mass is 32.2. The summed E-state index contributed by atoms with van der Waals surface area (Å²) in [6, 6.07) is 4.95. The quantitative estimate of drug-likeness (QED) is 0.823. The Labute approximate surface area is 121 Å². The molecule has 2 N–H and O–H groups in total. The van der Waals surface area contributed by atoms with E-state index in [0.29, 0.717) is 0 Å². The Hall–Kier alpha value is -1.96. The van der Waals surface area contributed by atoms with Crippen LogP contribution in [0.25, 0.3) is 0 Å². The Morgan fingerprint density at radius 1 is 1.33 bits per heavy atom. The molecule has 6 nitrogen and oxygen atoms in total. The van der Waals surface area contributed by atoms with Crippen molar-refractivity contribution < 1.29 is 27.5 Å². The van der Waals surface area contributed by atoms with Gasteiger partial charge in [0.25, 0.3) is 0 Å². The minimum Gasteiger partial charge on any atom is -0.480 e. The summed E-state index contributed by atoms with van der Waals surface area (Å²) in [6.07, 6.45) is 0. The molecule has 0 saturated heterocycles. The second-order valence-electron chi connectivity index (χ2n) is 4.87. The fourth-order valence-electron chi connectivity index (χ4n) is 1.89. The SMILES string of the molecule is CC(C)C(C(=O)O)S(=O)(=O)CC(=O)Nc1cccc(F)c1. The molecule has 0 bridgehead atoms. The van der Waals surface area contributed by atoms with Gasteiger partial charge in [-0.25, -0.2) is 12.8 Å². The highest BCUT2D eigenvalue weighted by Crippen LogP contribution is 2.15. The predicted molar refractivity (Wildman–Crippen MR) is 75.1 cm³/mol. The van der Waals surface area contributed by atoms with E-state index in [1.165, 1.54) is 32.0 Å². The molecule has 116 valence electrons. The number of nitrogens with one attached hydrogen (secondary N) is 1. The van der Waals surface area contributed by atoms with Crippen LogP contribution in [-0.4, -0.2) is 36.4 Å². The van der Waals surface area contributed by atoms with Crippen LogP contribution in [0, 0.1) is 11.7 Å². The maximum Gasteiger partial charge on any atom is 0.322 e. The van der Waals surface area contributed by atoms with Crippen LogP contribution in [-0.2, 0) is 19.4 Å². The van der Waals surface area contributed by atoms with Gasteiger partial charge in [-0.1, -0.05) is 19.9 Å². The van der Waals surface area contributed by atoms with E-state index in [9.17, 15) is 22.4 Å². The molecule has 0 aliphatic carbocycles. The van der Waals surface area contributed by atoms with Crippen LogP contribution in [0.4, 0.5) is 10.1 Å². The molecule has 0 aliphatic heterocycles. The molecule has 0 aromatic heterocycles. The maximum atomic E-state index is 12.9. The van der Waals surface area contributed by atoms with Crippen LogP contribution in [0.5, 0.6) is 0 Å². The van der Waals surface area contributed by atoms with E-state index in [1.54, 1.807) is 0 Å². The summed E-state index contributed by atoms with van der Waals surface area (Å²) in [5, 5.41) is 9.52. The number of amides is 1. The first-order valence-corrected chi connectivity index (χ1v) is 7.85. The van der Waals surface area contributed by atoms with Crippen molar-refractivity contribution in [2.24, 2.45) is 5.92 Å². The molecule has 0 aliphatic rings. The van der Waals surface area contributed by atoms with Crippen LogP contribution in [0.1, 0.15) is 13.8 Å². The number of hydrogen-bond donors (Lipinski definition) is 2. The molecule has 1 amide bonds. The van der Waals surface area contributed by atoms with E-state index in [0.717, 1.165) is 6.07 Å². The van der Waals surface area contributed by atoms with E-state index in [-0.39, 0.29) is 5.69 Å². The van der Waals surface area contributed by atoms with Gasteiger partial charge in [-0.15, -0.1) is 0 Å². The normalized spacial score (nSPS) is 13.0. The highest BCUT2D eigenvalue weighted by molar-refractivity contribution is 7.93. The summed E-state index contributed by atoms with van der Waals surface area (Å²) in [5.41, 5.74) is 0.103. The summed E-state index contributed by atoms with van der Waals surface area (Å²) >= 11 is 0. The monoisotopic (exact) mass is 317 g/mol. The maximum absolute atomic E-state index is 12.9. The second-order valence-corrected chi connectivity index (χ2v) is 6.99. The van der Waals surface area contributed by atoms with Gasteiger partial charge >= 0.3 is 5.97 Å². The molecular formula is C13H16FNO5S. The van der Waals surface area contributed by atoms with Crippen molar-refractivity contribution in [1.29, 1.82) is 0 Å². The smallest absolute Gasteiger partial charge is 0.322 e. The summed E-state index contributed by atoms with van der Waals surface area (Å²) in [5.74, 6) is -4.63. The van der Waals surface area contributed by atoms with Gasteiger partial charge in [0.2, 0.25) is 5.91 Å². The first kappa shape index (κ1) is 17.1. The van der Waals surface area contributed by atoms with Gasteiger partial charge in [-0.05, 0) is 24.1 Å². The Morgan fingerprint density at radius 2 is 1.95 bits per heavy atom. The van der Waals surface area contributed by atoms with Gasteiger partial charge in [0.1, 0.15) is 11.6 Å². The molecule has 1 rings (SSSR count). The second kappa shape index (κ2) is 6.66. The number of hydrogen-bond acceptors (Lipinski definition) is 4. The van der Waals surface area contributed by atoms with Crippen LogP contribution in [0.2, 0.25) is 0 Å². The Morgan fingerprint density at radius 3 is 2.43 bits per heavy atom. The van der Waals surface area contributed by atoms with E-state index in [2.05, 4.69) is 5.32 Å². The molecule has 1 aromatic carbocycles. The number of sulfone groups is 1. The van der Waals surface area contributed by atoms with E-state index in [1.807, 2.05) is 0 Å². The average molecular weight is 317 g/mol. The van der Waals surface area contributed by atoms with Crippen molar-refractivity contribution in [1.82, 2.24) is 0 Å². The number of halogens is 1. The van der Waals surface area contributed by atoms with Crippen LogP contribution in [0.3, 0.4) is 0 Å². The summed E-state index contributed by atoms with van der Waals surface area (Å²) in [6.45, 7) is 2.89. The van der Waals surface area contributed by atoms with Crippen LogP contribution >= 0.6 is 0 Å².